The van der Waals surface area contributed by atoms with Crippen LogP contribution in [0.15, 0.2) is 12.1 Å². The summed E-state index contributed by atoms with van der Waals surface area (Å²) in [6.07, 6.45) is 2.48. The molecule has 2 heterocycles. The van der Waals surface area contributed by atoms with E-state index in [-0.39, 0.29) is 0 Å². The van der Waals surface area contributed by atoms with Crippen molar-refractivity contribution in [2.24, 2.45) is 0 Å². The van der Waals surface area contributed by atoms with E-state index in [9.17, 15) is 5.11 Å². The highest BCUT2D eigenvalue weighted by Gasteiger charge is 2.21. The van der Waals surface area contributed by atoms with Gasteiger partial charge in [0.2, 0.25) is 0 Å². The Kier molecular flexibility index (Phi) is 4.19. The van der Waals surface area contributed by atoms with Crippen molar-refractivity contribution >= 4 is 0 Å². The summed E-state index contributed by atoms with van der Waals surface area (Å²) >= 11 is 0. The lowest BCUT2D eigenvalue weighted by atomic mass is 10.0. The van der Waals surface area contributed by atoms with Crippen LogP contribution in [0, 0.1) is 6.92 Å². The van der Waals surface area contributed by atoms with Crippen LogP contribution in [0.1, 0.15) is 24.2 Å². The number of rotatable bonds is 3. The highest BCUT2D eigenvalue weighted by atomic mass is 16.3. The standard InChI is InChI=1S/C14H23N3O/c1-11-6-7-14(18)13(15-11)10-17(3)12-5-4-8-16(2)9-12/h6-7,12,18H,4-5,8-10H2,1-3H3. The van der Waals surface area contributed by atoms with E-state index in [4.69, 9.17) is 0 Å². The fourth-order valence-electron chi connectivity index (χ4n) is 2.58. The molecule has 0 saturated carbocycles. The molecule has 2 rings (SSSR count). The van der Waals surface area contributed by atoms with Crippen LogP contribution in [-0.4, -0.2) is 53.1 Å². The molecule has 1 atom stereocenters. The van der Waals surface area contributed by atoms with Gasteiger partial charge in [-0.2, -0.15) is 0 Å². The number of likely N-dealkylation sites (tertiary alicyclic amines) is 1. The van der Waals surface area contributed by atoms with E-state index in [0.717, 1.165) is 17.9 Å². The fraction of sp³-hybridized carbons (Fsp3) is 0.643. The fourth-order valence-corrected chi connectivity index (χ4v) is 2.58. The van der Waals surface area contributed by atoms with Gasteiger partial charge < -0.3 is 10.0 Å². The van der Waals surface area contributed by atoms with E-state index in [1.54, 1.807) is 6.07 Å². The molecule has 1 fully saturated rings. The van der Waals surface area contributed by atoms with Crippen molar-refractivity contribution in [2.75, 3.05) is 27.2 Å². The number of aromatic nitrogens is 1. The molecular formula is C14H23N3O. The highest BCUT2D eigenvalue weighted by molar-refractivity contribution is 5.27. The molecule has 0 amide bonds. The lowest BCUT2D eigenvalue weighted by molar-refractivity contribution is 0.127. The molecule has 18 heavy (non-hydrogen) atoms. The van der Waals surface area contributed by atoms with Crippen LogP contribution in [0.4, 0.5) is 0 Å². The molecule has 1 N–H and O–H groups in total. The van der Waals surface area contributed by atoms with Crippen LogP contribution in [0.5, 0.6) is 5.75 Å². The molecule has 1 aliphatic heterocycles. The predicted molar refractivity (Wildman–Crippen MR) is 72.6 cm³/mol. The monoisotopic (exact) mass is 249 g/mol. The summed E-state index contributed by atoms with van der Waals surface area (Å²) in [6, 6.07) is 4.14. The SMILES string of the molecule is Cc1ccc(O)c(CN(C)C2CCCN(C)C2)n1. The second kappa shape index (κ2) is 5.67. The van der Waals surface area contributed by atoms with Gasteiger partial charge in [-0.1, -0.05) is 0 Å². The quantitative estimate of drug-likeness (QED) is 0.883. The van der Waals surface area contributed by atoms with Crippen LogP contribution in [0.25, 0.3) is 0 Å². The number of hydrogen-bond acceptors (Lipinski definition) is 4. The van der Waals surface area contributed by atoms with E-state index >= 15 is 0 Å². The molecule has 1 saturated heterocycles. The normalized spacial score (nSPS) is 21.4. The maximum absolute atomic E-state index is 9.83. The number of nitrogens with zero attached hydrogens (tertiary/aromatic N) is 3. The van der Waals surface area contributed by atoms with Gasteiger partial charge in [0.25, 0.3) is 0 Å². The molecule has 4 heteroatoms. The third-order valence-corrected chi connectivity index (χ3v) is 3.71. The van der Waals surface area contributed by atoms with Crippen LogP contribution in [-0.2, 0) is 6.54 Å². The van der Waals surface area contributed by atoms with Gasteiger partial charge in [0.1, 0.15) is 5.75 Å². The number of piperidine rings is 1. The predicted octanol–water partition coefficient (Wildman–Crippen LogP) is 1.62. The van der Waals surface area contributed by atoms with Gasteiger partial charge in [-0.15, -0.1) is 0 Å². The topological polar surface area (TPSA) is 39.6 Å². The summed E-state index contributed by atoms with van der Waals surface area (Å²) in [5.74, 6) is 0.302. The first-order chi connectivity index (χ1) is 8.56. The number of aryl methyl sites for hydroxylation is 1. The third kappa shape index (κ3) is 3.21. The van der Waals surface area contributed by atoms with Crippen molar-refractivity contribution in [3.8, 4) is 5.75 Å². The van der Waals surface area contributed by atoms with E-state index in [2.05, 4.69) is 28.9 Å². The minimum Gasteiger partial charge on any atom is -0.506 e. The van der Waals surface area contributed by atoms with Gasteiger partial charge in [0, 0.05) is 24.8 Å². The molecule has 0 spiro atoms. The van der Waals surface area contributed by atoms with Crippen molar-refractivity contribution in [3.63, 3.8) is 0 Å². The second-order valence-corrected chi connectivity index (χ2v) is 5.39. The summed E-state index contributed by atoms with van der Waals surface area (Å²) in [5, 5.41) is 9.83. The number of aromatic hydroxyl groups is 1. The molecule has 1 aromatic rings. The Morgan fingerprint density at radius 1 is 1.50 bits per heavy atom. The van der Waals surface area contributed by atoms with Crippen LogP contribution in [0.2, 0.25) is 0 Å². The smallest absolute Gasteiger partial charge is 0.138 e. The third-order valence-electron chi connectivity index (χ3n) is 3.71. The summed E-state index contributed by atoms with van der Waals surface area (Å²) < 4.78 is 0. The summed E-state index contributed by atoms with van der Waals surface area (Å²) in [7, 11) is 4.29. The first-order valence-electron chi connectivity index (χ1n) is 6.60. The molecule has 100 valence electrons. The number of pyridine rings is 1. The summed E-state index contributed by atoms with van der Waals surface area (Å²) in [5.41, 5.74) is 1.74. The summed E-state index contributed by atoms with van der Waals surface area (Å²) in [4.78, 5) is 9.09. The molecule has 1 aliphatic rings. The van der Waals surface area contributed by atoms with E-state index in [1.807, 2.05) is 13.0 Å². The first-order valence-corrected chi connectivity index (χ1v) is 6.60. The van der Waals surface area contributed by atoms with Crippen molar-refractivity contribution in [2.45, 2.75) is 32.4 Å². The lowest BCUT2D eigenvalue weighted by Gasteiger charge is -2.35. The Hall–Kier alpha value is -1.13. The van der Waals surface area contributed by atoms with Gasteiger partial charge in [0.15, 0.2) is 0 Å². The van der Waals surface area contributed by atoms with Crippen molar-refractivity contribution in [1.82, 2.24) is 14.8 Å². The number of hydrogen-bond donors (Lipinski definition) is 1. The molecule has 4 nitrogen and oxygen atoms in total. The summed E-state index contributed by atoms with van der Waals surface area (Å²) in [6.45, 7) is 4.96. The lowest BCUT2D eigenvalue weighted by Crippen LogP contribution is -2.44. The molecule has 1 unspecified atom stereocenters. The highest BCUT2D eigenvalue weighted by Crippen LogP contribution is 2.20. The molecular weight excluding hydrogens is 226 g/mol. The van der Waals surface area contributed by atoms with Gasteiger partial charge in [-0.05, 0) is 52.5 Å². The molecule has 0 aromatic carbocycles. The first kappa shape index (κ1) is 13.3. The minimum atomic E-state index is 0.302. The molecule has 0 aliphatic carbocycles. The van der Waals surface area contributed by atoms with E-state index < -0.39 is 0 Å². The van der Waals surface area contributed by atoms with Crippen molar-refractivity contribution in [3.05, 3.63) is 23.5 Å². The maximum Gasteiger partial charge on any atom is 0.138 e. The minimum absolute atomic E-state index is 0.302. The van der Waals surface area contributed by atoms with Crippen molar-refractivity contribution < 1.29 is 5.11 Å². The van der Waals surface area contributed by atoms with Gasteiger partial charge in [-0.3, -0.25) is 9.88 Å². The van der Waals surface area contributed by atoms with Gasteiger partial charge >= 0.3 is 0 Å². The second-order valence-electron chi connectivity index (χ2n) is 5.39. The van der Waals surface area contributed by atoms with E-state index in [0.29, 0.717) is 18.3 Å². The van der Waals surface area contributed by atoms with E-state index in [1.165, 1.54) is 19.4 Å². The average Bonchev–Trinajstić information content (AvgIpc) is 2.34. The maximum atomic E-state index is 9.83. The van der Waals surface area contributed by atoms with Gasteiger partial charge in [0.05, 0.1) is 5.69 Å². The Morgan fingerprint density at radius 3 is 3.00 bits per heavy atom. The Bertz CT molecular complexity index is 408. The zero-order chi connectivity index (χ0) is 13.1. The van der Waals surface area contributed by atoms with Crippen LogP contribution < -0.4 is 0 Å². The molecule has 1 aromatic heterocycles. The average molecular weight is 249 g/mol. The van der Waals surface area contributed by atoms with Crippen LogP contribution >= 0.6 is 0 Å². The zero-order valence-corrected chi connectivity index (χ0v) is 11.6. The van der Waals surface area contributed by atoms with Crippen molar-refractivity contribution in [1.29, 1.82) is 0 Å². The Labute approximate surface area is 109 Å². The molecule has 0 bridgehead atoms. The zero-order valence-electron chi connectivity index (χ0n) is 11.6. The van der Waals surface area contributed by atoms with Gasteiger partial charge in [-0.25, -0.2) is 0 Å². The molecule has 0 radical (unpaired) electrons. The largest absolute Gasteiger partial charge is 0.506 e. The van der Waals surface area contributed by atoms with Crippen LogP contribution in [0.3, 0.4) is 0 Å². The Morgan fingerprint density at radius 2 is 2.28 bits per heavy atom. The Balaban J connectivity index is 2.01. The number of likely N-dealkylation sites (N-methyl/N-ethyl adjacent to an activating group) is 2.